The van der Waals surface area contributed by atoms with Gasteiger partial charge in [0.05, 0.1) is 37.1 Å². The molecule has 0 radical (unpaired) electrons. The van der Waals surface area contributed by atoms with Crippen LogP contribution in [0.25, 0.3) is 22.0 Å². The largest absolute Gasteiger partial charge is 0.493 e. The van der Waals surface area contributed by atoms with Crippen LogP contribution in [0.4, 0.5) is 0 Å². The number of H-pyrrole nitrogens is 1. The summed E-state index contributed by atoms with van der Waals surface area (Å²) in [4.78, 5) is 29.4. The number of hydrogen-bond acceptors (Lipinski definition) is 7. The van der Waals surface area contributed by atoms with Gasteiger partial charge in [-0.25, -0.2) is 10.2 Å². The van der Waals surface area contributed by atoms with Gasteiger partial charge in [0.25, 0.3) is 5.91 Å². The Hall–Kier alpha value is -4.99. The Morgan fingerprint density at radius 1 is 0.867 bits per heavy atom. The first kappa shape index (κ1) is 31.4. The maximum Gasteiger partial charge on any atom is 0.343 e. The Kier molecular flexibility index (Phi) is 9.92. The fourth-order valence-electron chi connectivity index (χ4n) is 4.72. The van der Waals surface area contributed by atoms with Crippen molar-refractivity contribution >= 4 is 52.2 Å². The molecule has 230 valence electrons. The molecule has 0 aliphatic carbocycles. The van der Waals surface area contributed by atoms with Gasteiger partial charge in [0.2, 0.25) is 0 Å². The number of nitrogens with one attached hydrogen (secondary N) is 2. The van der Waals surface area contributed by atoms with Gasteiger partial charge in [-0.3, -0.25) is 4.79 Å². The van der Waals surface area contributed by atoms with Crippen molar-refractivity contribution < 1.29 is 28.5 Å². The number of methoxy groups -OCH3 is 1. The molecule has 2 N–H and O–H groups in total. The second kappa shape index (κ2) is 14.2. The van der Waals surface area contributed by atoms with Gasteiger partial charge < -0.3 is 23.9 Å². The van der Waals surface area contributed by atoms with Crippen LogP contribution in [-0.2, 0) is 0 Å². The van der Waals surface area contributed by atoms with Crippen LogP contribution in [-0.4, -0.2) is 43.4 Å². The number of benzene rings is 4. The van der Waals surface area contributed by atoms with E-state index in [1.807, 2.05) is 44.2 Å². The van der Waals surface area contributed by atoms with Crippen molar-refractivity contribution in [1.82, 2.24) is 10.4 Å². The molecule has 1 amide bonds. The third-order valence-electron chi connectivity index (χ3n) is 6.65. The van der Waals surface area contributed by atoms with Gasteiger partial charge in [-0.1, -0.05) is 53.5 Å². The lowest BCUT2D eigenvalue weighted by molar-refractivity contribution is 0.0728. The number of aromatic amines is 1. The van der Waals surface area contributed by atoms with Gasteiger partial charge in [0.15, 0.2) is 23.0 Å². The third kappa shape index (κ3) is 7.06. The highest BCUT2D eigenvalue weighted by Crippen LogP contribution is 2.38. The maximum atomic E-state index is 13.3. The van der Waals surface area contributed by atoms with Crippen LogP contribution >= 0.6 is 23.2 Å². The number of esters is 1. The molecule has 0 aliphatic heterocycles. The highest BCUT2D eigenvalue weighted by Gasteiger charge is 2.22. The fourth-order valence-corrected chi connectivity index (χ4v) is 5.31. The third-order valence-corrected chi connectivity index (χ3v) is 7.17. The van der Waals surface area contributed by atoms with Crippen LogP contribution in [0, 0.1) is 0 Å². The molecule has 0 fully saturated rings. The van der Waals surface area contributed by atoms with E-state index in [1.54, 1.807) is 48.5 Å². The molecule has 0 unspecified atom stereocenters. The molecule has 0 aliphatic rings. The number of hydrazone groups is 1. The van der Waals surface area contributed by atoms with Gasteiger partial charge in [0, 0.05) is 21.5 Å². The van der Waals surface area contributed by atoms with E-state index in [4.69, 9.17) is 42.1 Å². The maximum absolute atomic E-state index is 13.3. The predicted octanol–water partition coefficient (Wildman–Crippen LogP) is 7.93. The number of aromatic nitrogens is 1. The molecule has 0 atom stereocenters. The minimum Gasteiger partial charge on any atom is -0.493 e. The molecule has 5 rings (SSSR count). The fraction of sp³-hybridized carbons (Fsp3) is 0.147. The summed E-state index contributed by atoms with van der Waals surface area (Å²) in [5.41, 5.74) is 5.76. The van der Waals surface area contributed by atoms with E-state index in [0.717, 1.165) is 5.56 Å². The number of carbonyl (C=O) groups excluding carboxylic acids is 2. The lowest BCUT2D eigenvalue weighted by Crippen LogP contribution is -2.18. The van der Waals surface area contributed by atoms with Crippen molar-refractivity contribution in [3.63, 3.8) is 0 Å². The Morgan fingerprint density at radius 3 is 2.33 bits per heavy atom. The lowest BCUT2D eigenvalue weighted by Gasteiger charge is -2.13. The Bertz CT molecular complexity index is 1890. The lowest BCUT2D eigenvalue weighted by atomic mass is 10.0. The zero-order valence-electron chi connectivity index (χ0n) is 24.6. The number of carbonyl (C=O) groups is 2. The van der Waals surface area contributed by atoms with Crippen LogP contribution in [0.5, 0.6) is 23.0 Å². The van der Waals surface area contributed by atoms with E-state index in [9.17, 15) is 9.59 Å². The summed E-state index contributed by atoms with van der Waals surface area (Å²) < 4.78 is 22.2. The smallest absolute Gasteiger partial charge is 0.343 e. The number of fused-ring (bicyclic) bond motifs is 1. The van der Waals surface area contributed by atoms with Crippen LogP contribution in [0.2, 0.25) is 10.0 Å². The first-order valence-electron chi connectivity index (χ1n) is 14.0. The number of halogens is 2. The summed E-state index contributed by atoms with van der Waals surface area (Å²) in [6.45, 7) is 4.58. The van der Waals surface area contributed by atoms with E-state index in [-0.39, 0.29) is 17.0 Å². The molecular formula is C34H29Cl2N3O6. The zero-order chi connectivity index (χ0) is 31.9. The summed E-state index contributed by atoms with van der Waals surface area (Å²) in [7, 11) is 1.46. The average Bonchev–Trinajstić information content (AvgIpc) is 3.43. The van der Waals surface area contributed by atoms with Gasteiger partial charge >= 0.3 is 5.97 Å². The number of hydrogen-bond donors (Lipinski definition) is 2. The summed E-state index contributed by atoms with van der Waals surface area (Å²) in [5, 5.41) is 5.67. The zero-order valence-corrected chi connectivity index (χ0v) is 26.2. The number of amides is 1. The molecule has 4 aromatic carbocycles. The number of nitrogens with zero attached hydrogens (tertiary/aromatic N) is 1. The van der Waals surface area contributed by atoms with Crippen LogP contribution in [0.1, 0.15) is 40.3 Å². The molecule has 9 nitrogen and oxygen atoms in total. The van der Waals surface area contributed by atoms with E-state index in [1.165, 1.54) is 13.3 Å². The van der Waals surface area contributed by atoms with Crippen LogP contribution < -0.4 is 24.4 Å². The minimum atomic E-state index is -0.597. The molecule has 1 aromatic heterocycles. The van der Waals surface area contributed by atoms with Crippen molar-refractivity contribution in [2.45, 2.75) is 13.8 Å². The molecule has 0 spiro atoms. The quantitative estimate of drug-likeness (QED) is 0.0653. The van der Waals surface area contributed by atoms with Crippen molar-refractivity contribution in [3.8, 4) is 34.1 Å². The van der Waals surface area contributed by atoms with Gasteiger partial charge in [-0.05, 0) is 73.5 Å². The molecule has 0 bridgehead atoms. The van der Waals surface area contributed by atoms with E-state index >= 15 is 0 Å². The molecule has 45 heavy (non-hydrogen) atoms. The van der Waals surface area contributed by atoms with Gasteiger partial charge in [-0.2, -0.15) is 5.10 Å². The topological polar surface area (TPSA) is 111 Å². The van der Waals surface area contributed by atoms with E-state index < -0.39 is 11.9 Å². The molecule has 0 saturated carbocycles. The Morgan fingerprint density at radius 2 is 1.60 bits per heavy atom. The molecule has 1 heterocycles. The van der Waals surface area contributed by atoms with Crippen LogP contribution in [0.15, 0.2) is 84.0 Å². The Balaban J connectivity index is 1.33. The van der Waals surface area contributed by atoms with Gasteiger partial charge in [-0.15, -0.1) is 0 Å². The molecular weight excluding hydrogens is 617 g/mol. The second-order valence-corrected chi connectivity index (χ2v) is 10.4. The summed E-state index contributed by atoms with van der Waals surface area (Å²) in [6.07, 6.45) is 1.45. The number of rotatable bonds is 11. The number of ether oxygens (including phenoxy) is 4. The highest BCUT2D eigenvalue weighted by molar-refractivity contribution is 6.40. The first-order valence-corrected chi connectivity index (χ1v) is 14.8. The standard InChI is InChI=1S/C34H29Cl2N3O6/c1-4-43-26-14-12-22(16-29(26)44-5-2)34(41)45-27-13-11-20(15-28(27)42-3)19-37-39-33(40)32-30(21-9-7-6-8-10-21)31-24(36)17-23(35)18-25(31)38-32/h6-19,38H,4-5H2,1-3H3,(H,39,40). The Labute approximate surface area is 269 Å². The molecule has 11 heteroatoms. The van der Waals surface area contributed by atoms with E-state index in [0.29, 0.717) is 62.5 Å². The monoisotopic (exact) mass is 645 g/mol. The average molecular weight is 647 g/mol. The van der Waals surface area contributed by atoms with Gasteiger partial charge in [0.1, 0.15) is 5.69 Å². The second-order valence-electron chi connectivity index (χ2n) is 9.58. The molecule has 5 aromatic rings. The van der Waals surface area contributed by atoms with E-state index in [2.05, 4.69) is 15.5 Å². The van der Waals surface area contributed by atoms with Crippen molar-refractivity contribution in [2.24, 2.45) is 5.10 Å². The SMILES string of the molecule is CCOc1ccc(C(=O)Oc2ccc(C=NNC(=O)c3[nH]c4cc(Cl)cc(Cl)c4c3-c3ccccc3)cc2OC)cc1OCC. The first-order chi connectivity index (χ1) is 21.8. The van der Waals surface area contributed by atoms with Crippen molar-refractivity contribution in [3.05, 3.63) is 106 Å². The van der Waals surface area contributed by atoms with Crippen molar-refractivity contribution in [2.75, 3.05) is 20.3 Å². The minimum absolute atomic E-state index is 0.205. The highest BCUT2D eigenvalue weighted by atomic mass is 35.5. The normalized spacial score (nSPS) is 11.0. The summed E-state index contributed by atoms with van der Waals surface area (Å²) in [5.74, 6) is 0.412. The predicted molar refractivity (Wildman–Crippen MR) is 176 cm³/mol. The summed E-state index contributed by atoms with van der Waals surface area (Å²) in [6, 6.07) is 22.5. The van der Waals surface area contributed by atoms with Crippen molar-refractivity contribution in [1.29, 1.82) is 0 Å². The van der Waals surface area contributed by atoms with Crippen LogP contribution in [0.3, 0.4) is 0 Å². The summed E-state index contributed by atoms with van der Waals surface area (Å²) >= 11 is 12.8. The molecule has 0 saturated heterocycles.